The minimum Gasteiger partial charge on any atom is -0.348 e. The third-order valence-electron chi connectivity index (χ3n) is 2.35. The maximum atomic E-state index is 11.9. The predicted molar refractivity (Wildman–Crippen MR) is 61.3 cm³/mol. The van der Waals surface area contributed by atoms with Crippen LogP contribution in [0.1, 0.15) is 27.3 Å². The van der Waals surface area contributed by atoms with Crippen LogP contribution in [0.3, 0.4) is 0 Å². The van der Waals surface area contributed by atoms with Crippen molar-refractivity contribution >= 4 is 5.91 Å². The van der Waals surface area contributed by atoms with Crippen LogP contribution in [0.2, 0.25) is 0 Å². The maximum absolute atomic E-state index is 11.9. The number of aromatic amines is 1. The molecule has 0 aromatic carbocycles. The summed E-state index contributed by atoms with van der Waals surface area (Å²) < 4.78 is 0. The van der Waals surface area contributed by atoms with Gasteiger partial charge in [-0.25, -0.2) is 0 Å². The molecule has 0 unspecified atom stereocenters. The fraction of sp³-hybridized carbons (Fsp3) is 0.273. The first-order valence-electron chi connectivity index (χ1n) is 5.23. The van der Waals surface area contributed by atoms with Crippen LogP contribution in [0.4, 0.5) is 0 Å². The third-order valence-corrected chi connectivity index (χ3v) is 2.35. The normalized spacial score (nSPS) is 10.2. The summed E-state index contributed by atoms with van der Waals surface area (Å²) in [6, 6.07) is 1.73. The molecule has 17 heavy (non-hydrogen) atoms. The van der Waals surface area contributed by atoms with Crippen LogP contribution in [-0.2, 0) is 6.54 Å². The van der Waals surface area contributed by atoms with Crippen molar-refractivity contribution in [1.29, 1.82) is 0 Å². The molecule has 88 valence electrons. The molecule has 0 radical (unpaired) electrons. The number of hydrogen-bond acceptors (Lipinski definition) is 4. The molecular formula is C11H13N5O. The summed E-state index contributed by atoms with van der Waals surface area (Å²) in [6.45, 7) is 4.01. The average molecular weight is 231 g/mol. The monoisotopic (exact) mass is 231 g/mol. The minimum absolute atomic E-state index is 0.151. The van der Waals surface area contributed by atoms with Gasteiger partial charge in [-0.05, 0) is 19.9 Å². The predicted octanol–water partition coefficient (Wildman–Crippen LogP) is 0.747. The van der Waals surface area contributed by atoms with E-state index in [9.17, 15) is 4.79 Å². The summed E-state index contributed by atoms with van der Waals surface area (Å²) in [4.78, 5) is 11.9. The van der Waals surface area contributed by atoms with Crippen molar-refractivity contribution in [3.63, 3.8) is 0 Å². The SMILES string of the molecule is Cc1cc(C(=O)NCc2cn[nH]c2)c(C)nn1. The number of H-pyrrole nitrogens is 1. The molecule has 0 aliphatic carbocycles. The molecule has 6 heteroatoms. The number of aryl methyl sites for hydroxylation is 2. The Morgan fingerprint density at radius 2 is 2.24 bits per heavy atom. The molecule has 1 amide bonds. The van der Waals surface area contributed by atoms with E-state index in [4.69, 9.17) is 0 Å². The Bertz CT molecular complexity index is 521. The van der Waals surface area contributed by atoms with Gasteiger partial charge in [0.1, 0.15) is 0 Å². The van der Waals surface area contributed by atoms with Gasteiger partial charge in [-0.1, -0.05) is 0 Å². The fourth-order valence-corrected chi connectivity index (χ4v) is 1.43. The Morgan fingerprint density at radius 1 is 1.41 bits per heavy atom. The van der Waals surface area contributed by atoms with E-state index in [1.807, 2.05) is 0 Å². The molecule has 0 saturated heterocycles. The highest BCUT2D eigenvalue weighted by molar-refractivity contribution is 5.95. The first kappa shape index (κ1) is 11.3. The lowest BCUT2D eigenvalue weighted by Crippen LogP contribution is -2.24. The van der Waals surface area contributed by atoms with E-state index >= 15 is 0 Å². The van der Waals surface area contributed by atoms with E-state index < -0.39 is 0 Å². The number of carbonyl (C=O) groups is 1. The number of amides is 1. The van der Waals surface area contributed by atoms with Crippen molar-refractivity contribution in [3.05, 3.63) is 41.0 Å². The zero-order valence-electron chi connectivity index (χ0n) is 9.69. The molecule has 0 saturated carbocycles. The van der Waals surface area contributed by atoms with E-state index in [1.54, 1.807) is 32.3 Å². The van der Waals surface area contributed by atoms with E-state index in [1.165, 1.54) is 0 Å². The van der Waals surface area contributed by atoms with E-state index in [0.29, 0.717) is 17.8 Å². The number of nitrogens with zero attached hydrogens (tertiary/aromatic N) is 3. The van der Waals surface area contributed by atoms with Gasteiger partial charge in [-0.2, -0.15) is 15.3 Å². The first-order chi connectivity index (χ1) is 8.16. The topological polar surface area (TPSA) is 83.6 Å². The number of rotatable bonds is 3. The first-order valence-corrected chi connectivity index (χ1v) is 5.23. The average Bonchev–Trinajstić information content (AvgIpc) is 2.82. The third kappa shape index (κ3) is 2.66. The van der Waals surface area contributed by atoms with Gasteiger partial charge in [0.2, 0.25) is 0 Å². The molecule has 6 nitrogen and oxygen atoms in total. The van der Waals surface area contributed by atoms with E-state index in [0.717, 1.165) is 11.3 Å². The molecule has 0 aliphatic rings. The summed E-state index contributed by atoms with van der Waals surface area (Å²) in [7, 11) is 0. The van der Waals surface area contributed by atoms with Gasteiger partial charge in [0, 0.05) is 18.3 Å². The maximum Gasteiger partial charge on any atom is 0.253 e. The molecule has 2 rings (SSSR count). The second-order valence-corrected chi connectivity index (χ2v) is 3.77. The van der Waals surface area contributed by atoms with Crippen LogP contribution >= 0.6 is 0 Å². The number of hydrogen-bond donors (Lipinski definition) is 2. The van der Waals surface area contributed by atoms with Crippen molar-refractivity contribution in [2.45, 2.75) is 20.4 Å². The van der Waals surface area contributed by atoms with Crippen LogP contribution in [0.25, 0.3) is 0 Å². The summed E-state index contributed by atoms with van der Waals surface area (Å²) in [6.07, 6.45) is 3.41. The van der Waals surface area contributed by atoms with Gasteiger partial charge in [0.25, 0.3) is 5.91 Å². The number of aromatic nitrogens is 4. The van der Waals surface area contributed by atoms with Crippen LogP contribution in [0.5, 0.6) is 0 Å². The minimum atomic E-state index is -0.151. The van der Waals surface area contributed by atoms with Crippen LogP contribution < -0.4 is 5.32 Å². The molecule has 2 aromatic rings. The molecular weight excluding hydrogens is 218 g/mol. The molecule has 0 bridgehead atoms. The summed E-state index contributed by atoms with van der Waals surface area (Å²) in [5.41, 5.74) is 2.83. The molecule has 0 fully saturated rings. The summed E-state index contributed by atoms with van der Waals surface area (Å²) >= 11 is 0. The highest BCUT2D eigenvalue weighted by Gasteiger charge is 2.10. The van der Waals surface area contributed by atoms with Gasteiger partial charge < -0.3 is 5.32 Å². The second kappa shape index (κ2) is 4.73. The highest BCUT2D eigenvalue weighted by atomic mass is 16.1. The largest absolute Gasteiger partial charge is 0.348 e. The van der Waals surface area contributed by atoms with Gasteiger partial charge in [-0.15, -0.1) is 0 Å². The molecule has 2 heterocycles. The lowest BCUT2D eigenvalue weighted by atomic mass is 10.2. The van der Waals surface area contributed by atoms with Crippen molar-refractivity contribution in [3.8, 4) is 0 Å². The quantitative estimate of drug-likeness (QED) is 0.816. The van der Waals surface area contributed by atoms with Crippen molar-refractivity contribution in [2.75, 3.05) is 0 Å². The van der Waals surface area contributed by atoms with Gasteiger partial charge in [0.15, 0.2) is 0 Å². The smallest absolute Gasteiger partial charge is 0.253 e. The van der Waals surface area contributed by atoms with Crippen molar-refractivity contribution in [1.82, 2.24) is 25.7 Å². The molecule has 2 N–H and O–H groups in total. The Labute approximate surface area is 98.5 Å². The zero-order chi connectivity index (χ0) is 12.3. The molecule has 0 aliphatic heterocycles. The highest BCUT2D eigenvalue weighted by Crippen LogP contribution is 2.05. The van der Waals surface area contributed by atoms with Crippen LogP contribution in [-0.4, -0.2) is 26.3 Å². The second-order valence-electron chi connectivity index (χ2n) is 3.77. The Balaban J connectivity index is 2.07. The van der Waals surface area contributed by atoms with Gasteiger partial charge in [0.05, 0.1) is 23.1 Å². The fourth-order valence-electron chi connectivity index (χ4n) is 1.43. The molecule has 0 atom stereocenters. The van der Waals surface area contributed by atoms with Gasteiger partial charge >= 0.3 is 0 Å². The summed E-state index contributed by atoms with van der Waals surface area (Å²) in [5, 5.41) is 17.1. The van der Waals surface area contributed by atoms with Crippen LogP contribution in [0, 0.1) is 13.8 Å². The van der Waals surface area contributed by atoms with E-state index in [2.05, 4.69) is 25.7 Å². The number of nitrogens with one attached hydrogen (secondary N) is 2. The number of carbonyl (C=O) groups excluding carboxylic acids is 1. The Morgan fingerprint density at radius 3 is 2.94 bits per heavy atom. The Kier molecular flexibility index (Phi) is 3.13. The molecule has 2 aromatic heterocycles. The Hall–Kier alpha value is -2.24. The standard InChI is InChI=1S/C11H13N5O/c1-7-3-10(8(2)16-15-7)11(17)12-4-9-5-13-14-6-9/h3,5-6H,4H2,1-2H3,(H,12,17)(H,13,14). The van der Waals surface area contributed by atoms with Gasteiger partial charge in [-0.3, -0.25) is 9.89 Å². The lowest BCUT2D eigenvalue weighted by molar-refractivity contribution is 0.0949. The van der Waals surface area contributed by atoms with Crippen molar-refractivity contribution in [2.24, 2.45) is 0 Å². The van der Waals surface area contributed by atoms with Crippen LogP contribution in [0.15, 0.2) is 18.5 Å². The molecule has 0 spiro atoms. The zero-order valence-corrected chi connectivity index (χ0v) is 9.69. The lowest BCUT2D eigenvalue weighted by Gasteiger charge is -2.06. The van der Waals surface area contributed by atoms with Crippen molar-refractivity contribution < 1.29 is 4.79 Å². The van der Waals surface area contributed by atoms with E-state index in [-0.39, 0.29) is 5.91 Å². The summed E-state index contributed by atoms with van der Waals surface area (Å²) in [5.74, 6) is -0.151.